The summed E-state index contributed by atoms with van der Waals surface area (Å²) in [6.07, 6.45) is 0. The van der Waals surface area contributed by atoms with Crippen molar-refractivity contribution in [2.24, 2.45) is 0 Å². The monoisotopic (exact) mass is 337 g/mol. The van der Waals surface area contributed by atoms with Crippen molar-refractivity contribution in [2.75, 3.05) is 18.5 Å². The Morgan fingerprint density at radius 1 is 1.08 bits per heavy atom. The Morgan fingerprint density at radius 3 is 2.72 bits per heavy atom. The predicted molar refractivity (Wildman–Crippen MR) is 89.3 cm³/mol. The number of fused-ring (bicyclic) bond motifs is 1. The highest BCUT2D eigenvalue weighted by Gasteiger charge is 2.14. The van der Waals surface area contributed by atoms with Crippen molar-refractivity contribution in [1.29, 1.82) is 0 Å². The highest BCUT2D eigenvalue weighted by atomic mass is 16.6. The van der Waals surface area contributed by atoms with Crippen molar-refractivity contribution in [2.45, 2.75) is 6.54 Å². The van der Waals surface area contributed by atoms with Crippen molar-refractivity contribution in [1.82, 2.24) is 20.2 Å². The first-order chi connectivity index (χ1) is 12.3. The molecule has 3 aromatic rings. The van der Waals surface area contributed by atoms with Crippen molar-refractivity contribution in [3.8, 4) is 22.9 Å². The molecule has 1 aliphatic heterocycles. The van der Waals surface area contributed by atoms with Crippen molar-refractivity contribution < 1.29 is 14.3 Å². The number of hydrogen-bond acceptors (Lipinski definition) is 6. The highest BCUT2D eigenvalue weighted by molar-refractivity contribution is 5.90. The van der Waals surface area contributed by atoms with Gasteiger partial charge in [-0.05, 0) is 17.3 Å². The van der Waals surface area contributed by atoms with Gasteiger partial charge in [-0.3, -0.25) is 4.79 Å². The molecule has 0 aliphatic carbocycles. The van der Waals surface area contributed by atoms with Crippen LogP contribution in [-0.2, 0) is 11.3 Å². The third-order valence-corrected chi connectivity index (χ3v) is 3.60. The minimum atomic E-state index is -0.256. The van der Waals surface area contributed by atoms with E-state index in [-0.39, 0.29) is 12.5 Å². The number of rotatable bonds is 4. The lowest BCUT2D eigenvalue weighted by Crippen LogP contribution is -2.21. The van der Waals surface area contributed by atoms with E-state index in [2.05, 4.69) is 20.7 Å². The predicted octanol–water partition coefficient (Wildman–Crippen LogP) is 1.75. The van der Waals surface area contributed by atoms with Gasteiger partial charge < -0.3 is 14.8 Å². The van der Waals surface area contributed by atoms with Gasteiger partial charge in [-0.25, -0.2) is 0 Å². The van der Waals surface area contributed by atoms with Crippen molar-refractivity contribution in [3.05, 3.63) is 48.5 Å². The van der Waals surface area contributed by atoms with E-state index in [1.54, 1.807) is 18.2 Å². The quantitative estimate of drug-likeness (QED) is 0.780. The lowest BCUT2D eigenvalue weighted by atomic mass is 10.2. The molecular weight excluding hydrogens is 322 g/mol. The first-order valence-electron chi connectivity index (χ1n) is 7.81. The van der Waals surface area contributed by atoms with E-state index in [0.29, 0.717) is 36.2 Å². The molecule has 1 amide bonds. The van der Waals surface area contributed by atoms with E-state index in [4.69, 9.17) is 9.47 Å². The maximum atomic E-state index is 12.2. The van der Waals surface area contributed by atoms with Crippen molar-refractivity contribution >= 4 is 11.6 Å². The van der Waals surface area contributed by atoms with Gasteiger partial charge in [0.25, 0.3) is 0 Å². The Balaban J connectivity index is 1.42. The first-order valence-corrected chi connectivity index (χ1v) is 7.81. The van der Waals surface area contributed by atoms with Gasteiger partial charge in [-0.1, -0.05) is 30.3 Å². The number of amides is 1. The fourth-order valence-electron chi connectivity index (χ4n) is 2.46. The molecule has 1 aromatic heterocycles. The van der Waals surface area contributed by atoms with Gasteiger partial charge in [-0.2, -0.15) is 4.80 Å². The second kappa shape index (κ2) is 6.60. The van der Waals surface area contributed by atoms with Gasteiger partial charge in [0.2, 0.25) is 11.7 Å². The summed E-state index contributed by atoms with van der Waals surface area (Å²) in [6, 6.07) is 14.7. The topological polar surface area (TPSA) is 91.2 Å². The first kappa shape index (κ1) is 15.1. The Labute approximate surface area is 143 Å². The van der Waals surface area contributed by atoms with Crippen LogP contribution in [0, 0.1) is 0 Å². The fraction of sp³-hybridized carbons (Fsp3) is 0.176. The van der Waals surface area contributed by atoms with Gasteiger partial charge >= 0.3 is 0 Å². The maximum absolute atomic E-state index is 12.2. The van der Waals surface area contributed by atoms with Gasteiger partial charge in [0, 0.05) is 17.3 Å². The maximum Gasteiger partial charge on any atom is 0.248 e. The number of carbonyl (C=O) groups is 1. The summed E-state index contributed by atoms with van der Waals surface area (Å²) in [6.45, 7) is 0.990. The smallest absolute Gasteiger partial charge is 0.248 e. The summed E-state index contributed by atoms with van der Waals surface area (Å²) in [5, 5.41) is 14.9. The van der Waals surface area contributed by atoms with E-state index in [1.165, 1.54) is 4.80 Å². The number of carbonyl (C=O) groups excluding carboxylic acids is 1. The van der Waals surface area contributed by atoms with Crippen LogP contribution < -0.4 is 14.8 Å². The van der Waals surface area contributed by atoms with Gasteiger partial charge in [0.1, 0.15) is 19.8 Å². The molecule has 2 heterocycles. The summed E-state index contributed by atoms with van der Waals surface area (Å²) in [5.74, 6) is 1.52. The molecule has 4 rings (SSSR count). The third kappa shape index (κ3) is 3.42. The van der Waals surface area contributed by atoms with E-state index in [1.807, 2.05) is 30.3 Å². The number of hydrogen-bond donors (Lipinski definition) is 1. The number of nitrogens with zero attached hydrogens (tertiary/aromatic N) is 4. The van der Waals surface area contributed by atoms with Crippen LogP contribution in [0.1, 0.15) is 0 Å². The van der Waals surface area contributed by atoms with Crippen LogP contribution in [0.4, 0.5) is 5.69 Å². The van der Waals surface area contributed by atoms with Crippen LogP contribution in [0.15, 0.2) is 48.5 Å². The van der Waals surface area contributed by atoms with E-state index < -0.39 is 0 Å². The van der Waals surface area contributed by atoms with Crippen LogP contribution in [0.3, 0.4) is 0 Å². The third-order valence-electron chi connectivity index (χ3n) is 3.60. The molecular formula is C17H15N5O3. The molecule has 0 fully saturated rings. The highest BCUT2D eigenvalue weighted by Crippen LogP contribution is 2.32. The minimum Gasteiger partial charge on any atom is -0.486 e. The summed E-state index contributed by atoms with van der Waals surface area (Å²) in [7, 11) is 0. The molecule has 1 aliphatic rings. The molecule has 126 valence electrons. The number of nitrogens with one attached hydrogen (secondary N) is 1. The molecule has 0 saturated carbocycles. The van der Waals surface area contributed by atoms with Crippen LogP contribution in [-0.4, -0.2) is 39.3 Å². The second-order valence-electron chi connectivity index (χ2n) is 5.42. The number of anilines is 1. The molecule has 0 unspecified atom stereocenters. The number of aromatic nitrogens is 4. The Hall–Kier alpha value is -3.42. The average molecular weight is 337 g/mol. The average Bonchev–Trinajstić information content (AvgIpc) is 3.10. The molecule has 2 aromatic carbocycles. The molecule has 8 heteroatoms. The minimum absolute atomic E-state index is 0.0335. The van der Waals surface area contributed by atoms with Crippen molar-refractivity contribution in [3.63, 3.8) is 0 Å². The number of tetrazole rings is 1. The number of benzene rings is 2. The van der Waals surface area contributed by atoms with Crippen LogP contribution in [0.5, 0.6) is 11.5 Å². The van der Waals surface area contributed by atoms with Gasteiger partial charge in [0.05, 0.1) is 0 Å². The zero-order chi connectivity index (χ0) is 17.1. The molecule has 0 bridgehead atoms. The summed E-state index contributed by atoms with van der Waals surface area (Å²) in [4.78, 5) is 13.4. The van der Waals surface area contributed by atoms with Gasteiger partial charge in [0.15, 0.2) is 11.5 Å². The molecule has 0 saturated heterocycles. The van der Waals surface area contributed by atoms with Gasteiger partial charge in [-0.15, -0.1) is 10.2 Å². The normalized spacial score (nSPS) is 12.6. The SMILES string of the molecule is O=C(Cn1nnc(-c2ccccc2)n1)Nc1ccc2c(c1)OCCO2. The molecule has 8 nitrogen and oxygen atoms in total. The van der Waals surface area contributed by atoms with Crippen LogP contribution in [0.25, 0.3) is 11.4 Å². The molecule has 0 radical (unpaired) electrons. The molecule has 1 N–H and O–H groups in total. The summed E-state index contributed by atoms with van der Waals surface area (Å²) >= 11 is 0. The summed E-state index contributed by atoms with van der Waals surface area (Å²) in [5.41, 5.74) is 1.47. The summed E-state index contributed by atoms with van der Waals surface area (Å²) < 4.78 is 11.0. The van der Waals surface area contributed by atoms with Crippen LogP contribution >= 0.6 is 0 Å². The Morgan fingerprint density at radius 2 is 1.88 bits per heavy atom. The second-order valence-corrected chi connectivity index (χ2v) is 5.42. The fourth-order valence-corrected chi connectivity index (χ4v) is 2.46. The molecule has 25 heavy (non-hydrogen) atoms. The lowest BCUT2D eigenvalue weighted by Gasteiger charge is -2.18. The lowest BCUT2D eigenvalue weighted by molar-refractivity contribution is -0.117. The van der Waals surface area contributed by atoms with E-state index in [0.717, 1.165) is 5.56 Å². The van der Waals surface area contributed by atoms with Crippen LogP contribution in [0.2, 0.25) is 0 Å². The number of ether oxygens (including phenoxy) is 2. The zero-order valence-corrected chi connectivity index (χ0v) is 13.3. The Bertz CT molecular complexity index is 894. The molecule has 0 spiro atoms. The standard InChI is InChI=1S/C17H15N5O3/c23-16(18-13-6-7-14-15(10-13)25-9-8-24-14)11-22-20-17(19-21-22)12-4-2-1-3-5-12/h1-7,10H,8-9,11H2,(H,18,23). The largest absolute Gasteiger partial charge is 0.486 e. The van der Waals surface area contributed by atoms with E-state index in [9.17, 15) is 4.79 Å². The zero-order valence-electron chi connectivity index (χ0n) is 13.3. The Kier molecular flexibility index (Phi) is 3.99. The van der Waals surface area contributed by atoms with E-state index >= 15 is 0 Å². The molecule has 0 atom stereocenters.